The lowest BCUT2D eigenvalue weighted by molar-refractivity contribution is -0.141. The molecule has 0 bridgehead atoms. The van der Waals surface area contributed by atoms with Gasteiger partial charge in [0.15, 0.2) is 0 Å². The molecule has 0 radical (unpaired) electrons. The van der Waals surface area contributed by atoms with Crippen LogP contribution in [0.15, 0.2) is 48.5 Å². The molecule has 0 saturated heterocycles. The van der Waals surface area contributed by atoms with Crippen molar-refractivity contribution < 1.29 is 9.59 Å². The molecule has 0 spiro atoms. The van der Waals surface area contributed by atoms with Gasteiger partial charge in [0, 0.05) is 12.6 Å². The summed E-state index contributed by atoms with van der Waals surface area (Å²) in [5.41, 5.74) is 4.38. The highest BCUT2D eigenvalue weighted by atomic mass is 16.2. The van der Waals surface area contributed by atoms with Crippen LogP contribution in [0.4, 0.5) is 0 Å². The highest BCUT2D eigenvalue weighted by Gasteiger charge is 2.28. The van der Waals surface area contributed by atoms with Crippen molar-refractivity contribution in [1.82, 2.24) is 10.2 Å². The molecular weight excluding hydrogens is 348 g/mol. The van der Waals surface area contributed by atoms with Crippen molar-refractivity contribution in [3.8, 4) is 0 Å². The minimum absolute atomic E-state index is 0.0298. The normalized spacial score (nSPS) is 11.9. The number of amides is 2. The van der Waals surface area contributed by atoms with Gasteiger partial charge in [-0.05, 0) is 56.4 Å². The Morgan fingerprint density at radius 3 is 2.21 bits per heavy atom. The van der Waals surface area contributed by atoms with Gasteiger partial charge in [-0.2, -0.15) is 0 Å². The summed E-state index contributed by atoms with van der Waals surface area (Å²) in [5, 5.41) is 2.96. The van der Waals surface area contributed by atoms with Gasteiger partial charge in [-0.1, -0.05) is 55.5 Å². The van der Waals surface area contributed by atoms with Crippen LogP contribution in [-0.4, -0.2) is 28.8 Å². The first-order valence-corrected chi connectivity index (χ1v) is 10.0. The number of hydrogen-bond acceptors (Lipinski definition) is 2. The van der Waals surface area contributed by atoms with Gasteiger partial charge in [0.25, 0.3) is 0 Å². The van der Waals surface area contributed by atoms with Crippen LogP contribution in [0.2, 0.25) is 0 Å². The predicted octanol–water partition coefficient (Wildman–Crippen LogP) is 4.18. The molecule has 1 N–H and O–H groups in total. The first-order chi connectivity index (χ1) is 13.3. The molecule has 1 atom stereocenters. The van der Waals surface area contributed by atoms with E-state index in [0.29, 0.717) is 19.4 Å². The van der Waals surface area contributed by atoms with Crippen LogP contribution in [0.5, 0.6) is 0 Å². The molecule has 0 unspecified atom stereocenters. The minimum atomic E-state index is -0.485. The van der Waals surface area contributed by atoms with Crippen LogP contribution in [0.3, 0.4) is 0 Å². The lowest BCUT2D eigenvalue weighted by Gasteiger charge is -2.31. The summed E-state index contributed by atoms with van der Waals surface area (Å²) in [6, 6.07) is 15.5. The van der Waals surface area contributed by atoms with Gasteiger partial charge >= 0.3 is 0 Å². The van der Waals surface area contributed by atoms with Crippen molar-refractivity contribution in [1.29, 1.82) is 0 Å². The van der Waals surface area contributed by atoms with Gasteiger partial charge in [-0.15, -0.1) is 0 Å². The molecule has 28 heavy (non-hydrogen) atoms. The Hall–Kier alpha value is -2.62. The van der Waals surface area contributed by atoms with Crippen LogP contribution in [-0.2, 0) is 22.6 Å². The number of carbonyl (C=O) groups excluding carboxylic acids is 2. The largest absolute Gasteiger partial charge is 0.352 e. The average Bonchev–Trinajstić information content (AvgIpc) is 2.64. The van der Waals surface area contributed by atoms with Crippen LogP contribution < -0.4 is 5.32 Å². The first-order valence-electron chi connectivity index (χ1n) is 10.0. The first kappa shape index (κ1) is 21.7. The maximum Gasteiger partial charge on any atom is 0.243 e. The van der Waals surface area contributed by atoms with Crippen LogP contribution >= 0.6 is 0 Å². The monoisotopic (exact) mass is 380 g/mol. The van der Waals surface area contributed by atoms with Crippen molar-refractivity contribution in [3.05, 3.63) is 70.8 Å². The van der Waals surface area contributed by atoms with E-state index in [0.717, 1.165) is 11.1 Å². The fraction of sp³-hybridized carbons (Fsp3) is 0.417. The summed E-state index contributed by atoms with van der Waals surface area (Å²) >= 11 is 0. The summed E-state index contributed by atoms with van der Waals surface area (Å²) < 4.78 is 0. The van der Waals surface area contributed by atoms with Crippen LogP contribution in [0.25, 0.3) is 0 Å². The topological polar surface area (TPSA) is 49.4 Å². The average molecular weight is 381 g/mol. The quantitative estimate of drug-likeness (QED) is 0.747. The molecule has 0 aliphatic carbocycles. The molecule has 0 saturated carbocycles. The lowest BCUT2D eigenvalue weighted by atomic mass is 10.0. The number of benzene rings is 2. The second kappa shape index (κ2) is 10.1. The fourth-order valence-corrected chi connectivity index (χ4v) is 3.27. The summed E-state index contributed by atoms with van der Waals surface area (Å²) in [6.07, 6.45) is 0.865. The Morgan fingerprint density at radius 2 is 1.64 bits per heavy atom. The smallest absolute Gasteiger partial charge is 0.243 e. The molecule has 0 aromatic heterocycles. The molecule has 0 aliphatic rings. The lowest BCUT2D eigenvalue weighted by Crippen LogP contribution is -2.50. The van der Waals surface area contributed by atoms with Gasteiger partial charge in [0.1, 0.15) is 6.04 Å². The highest BCUT2D eigenvalue weighted by molar-refractivity contribution is 5.88. The van der Waals surface area contributed by atoms with E-state index in [1.807, 2.05) is 63.2 Å². The SMILES string of the molecule is CC[C@@H](C(=O)NC(C)C)N(Cc1ccccc1)C(=O)Cc1ccc(C)c(C)c1. The van der Waals surface area contributed by atoms with E-state index in [1.165, 1.54) is 11.1 Å². The van der Waals surface area contributed by atoms with E-state index in [4.69, 9.17) is 0 Å². The number of nitrogens with one attached hydrogen (secondary N) is 1. The number of rotatable bonds is 8. The molecule has 150 valence electrons. The van der Waals surface area contributed by atoms with E-state index in [2.05, 4.69) is 25.2 Å². The summed E-state index contributed by atoms with van der Waals surface area (Å²) in [5.74, 6) is -0.125. The highest BCUT2D eigenvalue weighted by Crippen LogP contribution is 2.16. The number of aryl methyl sites for hydroxylation is 2. The van der Waals surface area contributed by atoms with Crippen molar-refractivity contribution >= 4 is 11.8 Å². The number of hydrogen-bond donors (Lipinski definition) is 1. The molecule has 2 rings (SSSR count). The van der Waals surface area contributed by atoms with Gasteiger partial charge in [-0.3, -0.25) is 9.59 Å². The Labute approximate surface area is 169 Å². The number of carbonyl (C=O) groups is 2. The zero-order valence-electron chi connectivity index (χ0n) is 17.7. The fourth-order valence-electron chi connectivity index (χ4n) is 3.27. The second-order valence-electron chi connectivity index (χ2n) is 7.69. The maximum absolute atomic E-state index is 13.2. The molecule has 0 heterocycles. The van der Waals surface area contributed by atoms with Gasteiger partial charge < -0.3 is 10.2 Å². The Morgan fingerprint density at radius 1 is 0.964 bits per heavy atom. The van der Waals surface area contributed by atoms with Crippen molar-refractivity contribution in [2.75, 3.05) is 0 Å². The molecule has 0 fully saturated rings. The Kier molecular flexibility index (Phi) is 7.80. The molecule has 0 aliphatic heterocycles. The van der Waals surface area contributed by atoms with Crippen molar-refractivity contribution in [2.24, 2.45) is 0 Å². The third-order valence-electron chi connectivity index (χ3n) is 4.94. The second-order valence-corrected chi connectivity index (χ2v) is 7.69. The Bertz CT molecular complexity index is 800. The van der Waals surface area contributed by atoms with Crippen LogP contribution in [0, 0.1) is 13.8 Å². The summed E-state index contributed by atoms with van der Waals surface area (Å²) in [4.78, 5) is 27.7. The molecular formula is C24H32N2O2. The zero-order chi connectivity index (χ0) is 20.7. The molecule has 2 aromatic rings. The summed E-state index contributed by atoms with van der Waals surface area (Å²) in [6.45, 7) is 10.4. The van der Waals surface area contributed by atoms with E-state index in [9.17, 15) is 9.59 Å². The molecule has 4 nitrogen and oxygen atoms in total. The van der Waals surface area contributed by atoms with E-state index in [-0.39, 0.29) is 17.9 Å². The van der Waals surface area contributed by atoms with Crippen molar-refractivity contribution in [3.63, 3.8) is 0 Å². The number of nitrogens with zero attached hydrogens (tertiary/aromatic N) is 1. The van der Waals surface area contributed by atoms with Gasteiger partial charge in [0.2, 0.25) is 11.8 Å². The van der Waals surface area contributed by atoms with Crippen LogP contribution in [0.1, 0.15) is 49.4 Å². The molecule has 4 heteroatoms. The zero-order valence-corrected chi connectivity index (χ0v) is 17.7. The molecule has 2 aromatic carbocycles. The van der Waals surface area contributed by atoms with Gasteiger partial charge in [-0.25, -0.2) is 0 Å². The third kappa shape index (κ3) is 5.95. The van der Waals surface area contributed by atoms with Gasteiger partial charge in [0.05, 0.1) is 6.42 Å². The minimum Gasteiger partial charge on any atom is -0.352 e. The van der Waals surface area contributed by atoms with E-state index < -0.39 is 6.04 Å². The summed E-state index contributed by atoms with van der Waals surface area (Å²) in [7, 11) is 0. The van der Waals surface area contributed by atoms with Crippen molar-refractivity contribution in [2.45, 2.75) is 66.1 Å². The van der Waals surface area contributed by atoms with E-state index >= 15 is 0 Å². The predicted molar refractivity (Wildman–Crippen MR) is 114 cm³/mol. The maximum atomic E-state index is 13.2. The molecule has 2 amide bonds. The third-order valence-corrected chi connectivity index (χ3v) is 4.94. The standard InChI is InChI=1S/C24H32N2O2/c1-6-22(24(28)25-17(2)3)26(16-20-10-8-7-9-11-20)23(27)15-21-13-12-18(4)19(5)14-21/h7-14,17,22H,6,15-16H2,1-5H3,(H,25,28)/t22-/m0/s1. The van der Waals surface area contributed by atoms with E-state index in [1.54, 1.807) is 4.90 Å². The Balaban J connectivity index is 2.28.